The molecular weight excluding hydrogens is 263 g/mol. The summed E-state index contributed by atoms with van der Waals surface area (Å²) >= 11 is 4.16. The summed E-state index contributed by atoms with van der Waals surface area (Å²) in [5.74, 6) is -0.281. The Morgan fingerprint density at radius 1 is 1.12 bits per heavy atom. The second-order valence-electron chi connectivity index (χ2n) is 3.02. The van der Waals surface area contributed by atoms with E-state index in [-0.39, 0.29) is 10.9 Å². The van der Waals surface area contributed by atoms with Gasteiger partial charge in [-0.15, -0.1) is 23.5 Å². The molecule has 0 amide bonds. The Bertz CT molecular complexity index is 360. The highest BCUT2D eigenvalue weighted by Crippen LogP contribution is 2.47. The number of benzene rings is 1. The van der Waals surface area contributed by atoms with Crippen molar-refractivity contribution in [2.45, 2.75) is 4.08 Å². The third-order valence-electron chi connectivity index (χ3n) is 2.25. The molecule has 1 rings (SSSR count). The van der Waals surface area contributed by atoms with Gasteiger partial charge in [0, 0.05) is 0 Å². The molecule has 1 aromatic carbocycles. The molecule has 0 unspecified atom stereocenters. The first-order chi connectivity index (χ1) is 7.60. The summed E-state index contributed by atoms with van der Waals surface area (Å²) in [5.41, 5.74) is 0.841. The number of rotatable bonds is 4. The molecule has 0 aromatic heterocycles. The minimum absolute atomic E-state index is 0.0825. The maximum absolute atomic E-state index is 12.9. The van der Waals surface area contributed by atoms with Gasteiger partial charge in [0.25, 0.3) is 0 Å². The Labute approximate surface area is 108 Å². The molecule has 0 aliphatic carbocycles. The van der Waals surface area contributed by atoms with E-state index in [1.54, 1.807) is 18.4 Å². The number of hydrogen-bond acceptors (Lipinski definition) is 4. The van der Waals surface area contributed by atoms with E-state index in [0.29, 0.717) is 0 Å². The largest absolute Gasteiger partial charge is 0.284 e. The lowest BCUT2D eigenvalue weighted by Crippen LogP contribution is -2.25. The van der Waals surface area contributed by atoms with Crippen molar-refractivity contribution >= 4 is 40.4 Å². The zero-order valence-corrected chi connectivity index (χ0v) is 11.8. The van der Waals surface area contributed by atoms with Crippen LogP contribution < -0.4 is 0 Å². The van der Waals surface area contributed by atoms with Crippen LogP contribution in [0.2, 0.25) is 0 Å². The normalized spacial score (nSPS) is 11.5. The lowest BCUT2D eigenvalue weighted by atomic mass is 10.1. The summed E-state index contributed by atoms with van der Waals surface area (Å²) in [5, 5.41) is 0.0825. The van der Waals surface area contributed by atoms with Crippen LogP contribution in [-0.2, 0) is 8.87 Å². The molecule has 0 radical (unpaired) electrons. The summed E-state index contributed by atoms with van der Waals surface area (Å²) < 4.78 is 12.2. The molecule has 0 aliphatic heterocycles. The average Bonchev–Trinajstić information content (AvgIpc) is 2.33. The average molecular weight is 276 g/mol. The Morgan fingerprint density at radius 3 is 2.00 bits per heavy atom. The van der Waals surface area contributed by atoms with Crippen molar-refractivity contribution in [2.75, 3.05) is 18.8 Å². The van der Waals surface area contributed by atoms with Gasteiger partial charge in [0.1, 0.15) is 5.82 Å². The smallest absolute Gasteiger partial charge is 0.219 e. The Balaban J connectivity index is 3.20. The topological polar surface area (TPSA) is 17.1 Å². The Kier molecular flexibility index (Phi) is 5.21. The molecule has 1 nitrogen and oxygen atoms in total. The molecular formula is C11H13FOS3. The van der Waals surface area contributed by atoms with Crippen molar-refractivity contribution in [1.29, 1.82) is 0 Å². The molecule has 5 heteroatoms. The van der Waals surface area contributed by atoms with Gasteiger partial charge in [-0.2, -0.15) is 0 Å². The summed E-state index contributed by atoms with van der Waals surface area (Å²) in [6, 6.07) is 6.14. The molecule has 16 heavy (non-hydrogen) atoms. The SMILES string of the molecule is CSC(=O)C(SC)(SC)c1ccc(F)cc1. The monoisotopic (exact) mass is 276 g/mol. The predicted octanol–water partition coefficient (Wildman–Crippen LogP) is 3.59. The number of halogens is 1. The maximum Gasteiger partial charge on any atom is 0.219 e. The molecule has 0 saturated heterocycles. The molecule has 0 bridgehead atoms. The van der Waals surface area contributed by atoms with Crippen LogP contribution in [0.1, 0.15) is 5.56 Å². The Morgan fingerprint density at radius 2 is 1.62 bits per heavy atom. The molecule has 88 valence electrons. The van der Waals surface area contributed by atoms with E-state index in [0.717, 1.165) is 5.56 Å². The number of hydrogen-bond donors (Lipinski definition) is 0. The second kappa shape index (κ2) is 5.98. The van der Waals surface area contributed by atoms with E-state index >= 15 is 0 Å². The predicted molar refractivity (Wildman–Crippen MR) is 73.6 cm³/mol. The van der Waals surface area contributed by atoms with Gasteiger partial charge in [0.05, 0.1) is 0 Å². The van der Waals surface area contributed by atoms with Crippen LogP contribution in [0.25, 0.3) is 0 Å². The molecule has 0 spiro atoms. The quantitative estimate of drug-likeness (QED) is 0.781. The highest BCUT2D eigenvalue weighted by Gasteiger charge is 2.38. The highest BCUT2D eigenvalue weighted by atomic mass is 32.2. The molecule has 0 atom stereocenters. The number of carbonyl (C=O) groups excluding carboxylic acids is 1. The zero-order valence-electron chi connectivity index (χ0n) is 9.32. The van der Waals surface area contributed by atoms with E-state index in [1.165, 1.54) is 47.4 Å². The van der Waals surface area contributed by atoms with E-state index in [9.17, 15) is 9.18 Å². The first-order valence-electron chi connectivity index (χ1n) is 4.55. The zero-order chi connectivity index (χ0) is 12.2. The van der Waals surface area contributed by atoms with Gasteiger partial charge in [-0.3, -0.25) is 4.79 Å². The van der Waals surface area contributed by atoms with Gasteiger partial charge in [-0.05, 0) is 36.5 Å². The fourth-order valence-electron chi connectivity index (χ4n) is 1.41. The minimum atomic E-state index is -0.632. The highest BCUT2D eigenvalue weighted by molar-refractivity contribution is 8.23. The maximum atomic E-state index is 12.9. The van der Waals surface area contributed by atoms with Crippen molar-refractivity contribution in [2.24, 2.45) is 0 Å². The first kappa shape index (κ1) is 13.9. The molecule has 0 saturated carbocycles. The molecule has 0 fully saturated rings. The van der Waals surface area contributed by atoms with Crippen LogP contribution in [0.4, 0.5) is 4.39 Å². The van der Waals surface area contributed by atoms with Crippen molar-refractivity contribution in [1.82, 2.24) is 0 Å². The van der Waals surface area contributed by atoms with Crippen molar-refractivity contribution in [3.8, 4) is 0 Å². The summed E-state index contributed by atoms with van der Waals surface area (Å²) in [6.45, 7) is 0. The lowest BCUT2D eigenvalue weighted by Gasteiger charge is -2.28. The van der Waals surface area contributed by atoms with E-state index in [4.69, 9.17) is 0 Å². The summed E-state index contributed by atoms with van der Waals surface area (Å²) in [6.07, 6.45) is 5.56. The van der Waals surface area contributed by atoms with E-state index < -0.39 is 4.08 Å². The molecule has 0 N–H and O–H groups in total. The number of thioether (sulfide) groups is 3. The summed E-state index contributed by atoms with van der Waals surface area (Å²) in [7, 11) is 0. The van der Waals surface area contributed by atoms with Crippen LogP contribution in [0.15, 0.2) is 24.3 Å². The fraction of sp³-hybridized carbons (Fsp3) is 0.364. The van der Waals surface area contributed by atoms with Crippen molar-refractivity contribution in [3.05, 3.63) is 35.6 Å². The van der Waals surface area contributed by atoms with Gasteiger partial charge in [0.2, 0.25) is 5.12 Å². The van der Waals surface area contributed by atoms with Gasteiger partial charge in [-0.1, -0.05) is 23.9 Å². The second-order valence-corrected chi connectivity index (χ2v) is 6.10. The van der Waals surface area contributed by atoms with Crippen LogP contribution in [0.3, 0.4) is 0 Å². The lowest BCUT2D eigenvalue weighted by molar-refractivity contribution is -0.111. The number of carbonyl (C=O) groups is 1. The van der Waals surface area contributed by atoms with Gasteiger partial charge < -0.3 is 0 Å². The van der Waals surface area contributed by atoms with Gasteiger partial charge in [-0.25, -0.2) is 4.39 Å². The molecule has 0 heterocycles. The molecule has 0 aliphatic rings. The van der Waals surface area contributed by atoms with Crippen LogP contribution in [0, 0.1) is 5.82 Å². The van der Waals surface area contributed by atoms with Crippen molar-refractivity contribution in [3.63, 3.8) is 0 Å². The van der Waals surface area contributed by atoms with Crippen LogP contribution >= 0.6 is 35.3 Å². The fourth-order valence-corrected chi connectivity index (χ4v) is 4.54. The summed E-state index contributed by atoms with van der Waals surface area (Å²) in [4.78, 5) is 12.0. The van der Waals surface area contributed by atoms with Gasteiger partial charge >= 0.3 is 0 Å². The molecule has 1 aromatic rings. The Hall–Kier alpha value is -0.130. The van der Waals surface area contributed by atoms with E-state index in [1.807, 2.05) is 12.5 Å². The van der Waals surface area contributed by atoms with Crippen LogP contribution in [-0.4, -0.2) is 23.9 Å². The third kappa shape index (κ3) is 2.57. The van der Waals surface area contributed by atoms with Crippen molar-refractivity contribution < 1.29 is 9.18 Å². The minimum Gasteiger partial charge on any atom is -0.284 e. The van der Waals surface area contributed by atoms with Gasteiger partial charge in [0.15, 0.2) is 4.08 Å². The first-order valence-corrected chi connectivity index (χ1v) is 8.23. The standard InChI is InChI=1S/C11H13FOS3/c1-14-10(13)11(15-2,16-3)8-4-6-9(12)7-5-8/h4-7H,1-3H3. The van der Waals surface area contributed by atoms with Crippen LogP contribution in [0.5, 0.6) is 0 Å². The third-order valence-corrected chi connectivity index (χ3v) is 6.18. The van der Waals surface area contributed by atoms with E-state index in [2.05, 4.69) is 0 Å².